The Balaban J connectivity index is 1.40. The molecular weight excluding hydrogens is 447 g/mol. The van der Waals surface area contributed by atoms with Crippen LogP contribution in [0.1, 0.15) is 5.56 Å². The van der Waals surface area contributed by atoms with Crippen LogP contribution in [0.15, 0.2) is 73.3 Å². The highest BCUT2D eigenvalue weighted by Crippen LogP contribution is 2.35. The minimum Gasteiger partial charge on any atom is -0.492 e. The van der Waals surface area contributed by atoms with E-state index in [9.17, 15) is 13.2 Å². The molecule has 0 spiro atoms. The van der Waals surface area contributed by atoms with Gasteiger partial charge in [0.15, 0.2) is 5.65 Å². The first-order valence-corrected chi connectivity index (χ1v) is 10.3. The highest BCUT2D eigenvalue weighted by atomic mass is 19.4. The van der Waals surface area contributed by atoms with Crippen molar-refractivity contribution in [2.75, 3.05) is 12.3 Å². The topological polar surface area (TPSA) is 96.2 Å². The number of halogens is 3. The fraction of sp³-hybridized carbons (Fsp3) is 0.130. The van der Waals surface area contributed by atoms with Crippen LogP contribution in [0.4, 0.5) is 19.0 Å². The Kier molecular flexibility index (Phi) is 5.36. The first-order valence-electron chi connectivity index (χ1n) is 10.3. The van der Waals surface area contributed by atoms with E-state index in [4.69, 9.17) is 10.5 Å². The summed E-state index contributed by atoms with van der Waals surface area (Å²) in [5.41, 5.74) is 6.92. The molecule has 172 valence electrons. The number of nitrogens with two attached hydrogens (primary N) is 1. The molecule has 34 heavy (non-hydrogen) atoms. The minimum atomic E-state index is -4.62. The third-order valence-electron chi connectivity index (χ3n) is 5.18. The van der Waals surface area contributed by atoms with Crippen molar-refractivity contribution in [2.24, 2.45) is 0 Å². The smallest absolute Gasteiger partial charge is 0.419 e. The van der Waals surface area contributed by atoms with E-state index < -0.39 is 17.6 Å². The van der Waals surface area contributed by atoms with Gasteiger partial charge in [-0.25, -0.2) is 14.5 Å². The summed E-state index contributed by atoms with van der Waals surface area (Å²) in [7, 11) is 0. The lowest BCUT2D eigenvalue weighted by Crippen LogP contribution is -2.10. The molecule has 0 amide bonds. The summed E-state index contributed by atoms with van der Waals surface area (Å²) in [6.45, 7) is 1.10. The molecular formula is C23H18F3N7O. The van der Waals surface area contributed by atoms with Crippen molar-refractivity contribution in [1.29, 1.82) is 0 Å². The van der Waals surface area contributed by atoms with Crippen LogP contribution >= 0.6 is 0 Å². The third kappa shape index (κ3) is 4.27. The number of alkyl halides is 3. The number of nitrogen functional groups attached to an aromatic ring is 1. The number of imidazole rings is 1. The SMILES string of the molecule is Nc1ncc(-c2cnc3ccc(-c4ccc(OCCn5cccn5)cc4)nn23)cc1C(F)(F)F. The van der Waals surface area contributed by atoms with Crippen LogP contribution < -0.4 is 10.5 Å². The quantitative estimate of drug-likeness (QED) is 0.401. The summed E-state index contributed by atoms with van der Waals surface area (Å²) in [6.07, 6.45) is 1.69. The van der Waals surface area contributed by atoms with Crippen LogP contribution in [0.5, 0.6) is 5.75 Å². The van der Waals surface area contributed by atoms with Gasteiger partial charge in [-0.3, -0.25) is 4.68 Å². The van der Waals surface area contributed by atoms with E-state index in [1.54, 1.807) is 23.0 Å². The van der Waals surface area contributed by atoms with Crippen molar-refractivity contribution in [3.63, 3.8) is 0 Å². The Labute approximate surface area is 191 Å². The number of rotatable bonds is 6. The third-order valence-corrected chi connectivity index (χ3v) is 5.18. The van der Waals surface area contributed by atoms with E-state index in [1.807, 2.05) is 36.5 Å². The molecule has 8 nitrogen and oxygen atoms in total. The first-order chi connectivity index (χ1) is 16.4. The molecule has 0 bridgehead atoms. The second-order valence-corrected chi connectivity index (χ2v) is 7.43. The Morgan fingerprint density at radius 3 is 2.53 bits per heavy atom. The van der Waals surface area contributed by atoms with Crippen molar-refractivity contribution in [3.8, 4) is 28.3 Å². The van der Waals surface area contributed by atoms with Gasteiger partial charge in [0.25, 0.3) is 0 Å². The van der Waals surface area contributed by atoms with E-state index in [2.05, 4.69) is 20.2 Å². The maximum Gasteiger partial charge on any atom is 0.419 e. The predicted octanol–water partition coefficient (Wildman–Crippen LogP) is 4.33. The molecule has 0 radical (unpaired) electrons. The fourth-order valence-electron chi connectivity index (χ4n) is 3.48. The molecule has 0 unspecified atom stereocenters. The maximum atomic E-state index is 13.3. The van der Waals surface area contributed by atoms with Gasteiger partial charge in [0.1, 0.15) is 18.2 Å². The number of aromatic nitrogens is 6. The average molecular weight is 465 g/mol. The number of benzene rings is 1. The van der Waals surface area contributed by atoms with Gasteiger partial charge in [0, 0.05) is 29.7 Å². The van der Waals surface area contributed by atoms with Crippen LogP contribution in [0.2, 0.25) is 0 Å². The van der Waals surface area contributed by atoms with Crippen molar-refractivity contribution in [1.82, 2.24) is 29.4 Å². The van der Waals surface area contributed by atoms with Gasteiger partial charge in [0.2, 0.25) is 0 Å². The fourth-order valence-corrected chi connectivity index (χ4v) is 3.48. The largest absolute Gasteiger partial charge is 0.492 e. The van der Waals surface area contributed by atoms with Crippen LogP contribution in [0.25, 0.3) is 28.2 Å². The molecule has 5 aromatic rings. The molecule has 0 fully saturated rings. The summed E-state index contributed by atoms with van der Waals surface area (Å²) in [4.78, 5) is 7.95. The molecule has 4 heterocycles. The van der Waals surface area contributed by atoms with Crippen LogP contribution in [0, 0.1) is 0 Å². The number of hydrogen-bond acceptors (Lipinski definition) is 6. The molecule has 0 aliphatic carbocycles. The van der Waals surface area contributed by atoms with Gasteiger partial charge in [-0.15, -0.1) is 0 Å². The molecule has 2 N–H and O–H groups in total. The Morgan fingerprint density at radius 2 is 1.79 bits per heavy atom. The molecule has 11 heteroatoms. The molecule has 1 aromatic carbocycles. The molecule has 0 aliphatic rings. The number of anilines is 1. The van der Waals surface area contributed by atoms with Crippen molar-refractivity contribution >= 4 is 11.5 Å². The number of hydrogen-bond donors (Lipinski definition) is 1. The van der Waals surface area contributed by atoms with Crippen LogP contribution in [-0.2, 0) is 12.7 Å². The molecule has 0 saturated carbocycles. The number of pyridine rings is 1. The molecule has 0 aliphatic heterocycles. The van der Waals surface area contributed by atoms with E-state index in [1.165, 1.54) is 16.9 Å². The van der Waals surface area contributed by atoms with Gasteiger partial charge < -0.3 is 10.5 Å². The monoisotopic (exact) mass is 465 g/mol. The van der Waals surface area contributed by atoms with Gasteiger partial charge in [0.05, 0.1) is 29.7 Å². The Hall–Kier alpha value is -4.41. The summed E-state index contributed by atoms with van der Waals surface area (Å²) < 4.78 is 48.8. The molecule has 4 aromatic heterocycles. The van der Waals surface area contributed by atoms with Gasteiger partial charge in [-0.2, -0.15) is 23.4 Å². The van der Waals surface area contributed by atoms with E-state index in [0.29, 0.717) is 35.9 Å². The zero-order chi connectivity index (χ0) is 23.7. The lowest BCUT2D eigenvalue weighted by Gasteiger charge is -2.11. The van der Waals surface area contributed by atoms with Crippen molar-refractivity contribution in [2.45, 2.75) is 12.7 Å². The predicted molar refractivity (Wildman–Crippen MR) is 119 cm³/mol. The van der Waals surface area contributed by atoms with Gasteiger partial charge >= 0.3 is 6.18 Å². The summed E-state index contributed by atoms with van der Waals surface area (Å²) in [6, 6.07) is 13.7. The summed E-state index contributed by atoms with van der Waals surface area (Å²) in [5.74, 6) is 0.124. The Bertz CT molecular complexity index is 1430. The lowest BCUT2D eigenvalue weighted by atomic mass is 10.1. The normalized spacial score (nSPS) is 11.7. The standard InChI is InChI=1S/C23H18F3N7O/c24-23(25,26)18-12-16(13-29-22(18)27)20-14-28-21-7-6-19(31-33(20)21)15-2-4-17(5-3-15)34-11-10-32-9-1-8-30-32/h1-9,12-14H,10-11H2,(H2,27,29). The second-order valence-electron chi connectivity index (χ2n) is 7.43. The molecule has 5 rings (SSSR count). The number of ether oxygens (including phenoxy) is 1. The highest BCUT2D eigenvalue weighted by molar-refractivity contribution is 5.67. The highest BCUT2D eigenvalue weighted by Gasteiger charge is 2.34. The van der Waals surface area contributed by atoms with E-state index in [-0.39, 0.29) is 5.56 Å². The van der Waals surface area contributed by atoms with E-state index in [0.717, 1.165) is 11.6 Å². The zero-order valence-corrected chi connectivity index (χ0v) is 17.6. The summed E-state index contributed by atoms with van der Waals surface area (Å²) >= 11 is 0. The summed E-state index contributed by atoms with van der Waals surface area (Å²) in [5, 5.41) is 8.71. The zero-order valence-electron chi connectivity index (χ0n) is 17.6. The molecule has 0 atom stereocenters. The average Bonchev–Trinajstić information content (AvgIpc) is 3.49. The van der Waals surface area contributed by atoms with Gasteiger partial charge in [-0.05, 0) is 48.5 Å². The first kappa shape index (κ1) is 21.4. The minimum absolute atomic E-state index is 0.208. The number of nitrogens with zero attached hydrogens (tertiary/aromatic N) is 6. The van der Waals surface area contributed by atoms with Crippen molar-refractivity contribution < 1.29 is 17.9 Å². The number of fused-ring (bicyclic) bond motifs is 1. The maximum absolute atomic E-state index is 13.3. The second kappa shape index (κ2) is 8.50. The van der Waals surface area contributed by atoms with Gasteiger partial charge in [-0.1, -0.05) is 0 Å². The van der Waals surface area contributed by atoms with E-state index >= 15 is 0 Å². The van der Waals surface area contributed by atoms with Crippen LogP contribution in [-0.4, -0.2) is 36.0 Å². The van der Waals surface area contributed by atoms with Crippen molar-refractivity contribution in [3.05, 3.63) is 78.9 Å². The van der Waals surface area contributed by atoms with Crippen LogP contribution in [0.3, 0.4) is 0 Å². The lowest BCUT2D eigenvalue weighted by molar-refractivity contribution is -0.137. The Morgan fingerprint density at radius 1 is 0.971 bits per heavy atom. The molecule has 0 saturated heterocycles.